The molecular weight excluding hydrogens is 458 g/mol. The molecule has 0 aliphatic carbocycles. The zero-order valence-corrected chi connectivity index (χ0v) is 20.4. The Morgan fingerprint density at radius 3 is 2.42 bits per heavy atom. The highest BCUT2D eigenvalue weighted by atomic mass is 16.5. The molecule has 0 unspecified atom stereocenters. The fourth-order valence-electron chi connectivity index (χ4n) is 4.13. The first-order chi connectivity index (χ1) is 17.3. The molecule has 184 valence electrons. The summed E-state index contributed by atoms with van der Waals surface area (Å²) in [7, 11) is 0. The Morgan fingerprint density at radius 2 is 1.72 bits per heavy atom. The Morgan fingerprint density at radius 1 is 1.00 bits per heavy atom. The van der Waals surface area contributed by atoms with Crippen molar-refractivity contribution in [3.05, 3.63) is 89.8 Å². The molecule has 0 spiro atoms. The summed E-state index contributed by atoms with van der Waals surface area (Å²) in [5.74, 6) is -0.367. The second-order valence-electron chi connectivity index (χ2n) is 8.11. The van der Waals surface area contributed by atoms with Crippen LogP contribution in [0.25, 0.3) is 11.8 Å². The summed E-state index contributed by atoms with van der Waals surface area (Å²) in [6.45, 7) is 10.1. The maximum atomic E-state index is 13.4. The lowest BCUT2D eigenvalue weighted by Crippen LogP contribution is -2.54. The molecular formula is C28H27N3O5. The number of imide groups is 2. The molecule has 1 aliphatic rings. The van der Waals surface area contributed by atoms with Gasteiger partial charge >= 0.3 is 6.03 Å². The number of carbonyl (C=O) groups is 3. The maximum absolute atomic E-state index is 13.4. The second-order valence-corrected chi connectivity index (χ2v) is 8.11. The zero-order chi connectivity index (χ0) is 25.8. The number of nitrogens with zero attached hydrogens (tertiary/aromatic N) is 2. The summed E-state index contributed by atoms with van der Waals surface area (Å²) in [6.07, 6.45) is 3.20. The van der Waals surface area contributed by atoms with Gasteiger partial charge in [0.25, 0.3) is 11.8 Å². The largest absolute Gasteiger partial charge is 0.492 e. The van der Waals surface area contributed by atoms with Crippen LogP contribution in [0.3, 0.4) is 0 Å². The number of amides is 4. The molecule has 1 saturated heterocycles. The van der Waals surface area contributed by atoms with Crippen molar-refractivity contribution in [1.29, 1.82) is 0 Å². The van der Waals surface area contributed by atoms with Crippen molar-refractivity contribution < 1.29 is 23.9 Å². The van der Waals surface area contributed by atoms with E-state index < -0.39 is 17.8 Å². The number of urea groups is 1. The number of aryl methyl sites for hydroxylation is 1. The lowest BCUT2D eigenvalue weighted by atomic mass is 10.1. The van der Waals surface area contributed by atoms with Crippen LogP contribution in [-0.4, -0.2) is 35.6 Å². The van der Waals surface area contributed by atoms with Crippen LogP contribution in [0.15, 0.2) is 72.8 Å². The SMILES string of the molecule is C=CCOc1ccc(-n2c(C)cc(/C=C3\C(=O)NC(=O)N(c4ccccc4OCC)C3=O)c2C)cc1. The van der Waals surface area contributed by atoms with Crippen molar-refractivity contribution in [3.8, 4) is 17.2 Å². The highest BCUT2D eigenvalue weighted by molar-refractivity contribution is 6.39. The smallest absolute Gasteiger partial charge is 0.336 e. The molecule has 0 bridgehead atoms. The van der Waals surface area contributed by atoms with Gasteiger partial charge in [0.2, 0.25) is 0 Å². The summed E-state index contributed by atoms with van der Waals surface area (Å²) < 4.78 is 13.2. The number of barbiturate groups is 1. The molecule has 2 heterocycles. The third-order valence-electron chi connectivity index (χ3n) is 5.74. The van der Waals surface area contributed by atoms with Crippen molar-refractivity contribution in [1.82, 2.24) is 9.88 Å². The van der Waals surface area contributed by atoms with Crippen molar-refractivity contribution in [2.45, 2.75) is 20.8 Å². The number of carbonyl (C=O) groups excluding carboxylic acids is 3. The summed E-state index contributed by atoms with van der Waals surface area (Å²) in [6, 6.07) is 15.4. The van der Waals surface area contributed by atoms with Crippen LogP contribution < -0.4 is 19.7 Å². The molecule has 1 aromatic heterocycles. The van der Waals surface area contributed by atoms with Gasteiger partial charge in [0.15, 0.2) is 0 Å². The average Bonchev–Trinajstić information content (AvgIpc) is 3.14. The van der Waals surface area contributed by atoms with Gasteiger partial charge in [-0.15, -0.1) is 0 Å². The number of rotatable bonds is 8. The van der Waals surface area contributed by atoms with Crippen LogP contribution in [0, 0.1) is 13.8 Å². The van der Waals surface area contributed by atoms with Crippen LogP contribution >= 0.6 is 0 Å². The maximum Gasteiger partial charge on any atom is 0.336 e. The van der Waals surface area contributed by atoms with Crippen molar-refractivity contribution in [3.63, 3.8) is 0 Å². The Bertz CT molecular complexity index is 1370. The fourth-order valence-corrected chi connectivity index (χ4v) is 4.13. The van der Waals surface area contributed by atoms with E-state index in [1.165, 1.54) is 6.08 Å². The minimum Gasteiger partial charge on any atom is -0.492 e. The molecule has 0 saturated carbocycles. The van der Waals surface area contributed by atoms with Crippen LogP contribution in [-0.2, 0) is 9.59 Å². The van der Waals surface area contributed by atoms with Gasteiger partial charge in [-0.3, -0.25) is 14.9 Å². The van der Waals surface area contributed by atoms with E-state index in [9.17, 15) is 14.4 Å². The van der Waals surface area contributed by atoms with Gasteiger partial charge < -0.3 is 14.0 Å². The van der Waals surface area contributed by atoms with E-state index >= 15 is 0 Å². The summed E-state index contributed by atoms with van der Waals surface area (Å²) in [5, 5.41) is 2.27. The predicted octanol–water partition coefficient (Wildman–Crippen LogP) is 4.72. The molecule has 0 radical (unpaired) electrons. The molecule has 0 atom stereocenters. The van der Waals surface area contributed by atoms with Gasteiger partial charge in [-0.25, -0.2) is 9.69 Å². The Hall–Kier alpha value is -4.59. The van der Waals surface area contributed by atoms with Crippen molar-refractivity contribution in [2.75, 3.05) is 18.1 Å². The Balaban J connectivity index is 1.70. The molecule has 36 heavy (non-hydrogen) atoms. The third-order valence-corrected chi connectivity index (χ3v) is 5.74. The van der Waals surface area contributed by atoms with Gasteiger partial charge in [-0.05, 0) is 74.9 Å². The predicted molar refractivity (Wildman–Crippen MR) is 138 cm³/mol. The lowest BCUT2D eigenvalue weighted by molar-refractivity contribution is -0.122. The van der Waals surface area contributed by atoms with Crippen LogP contribution in [0.5, 0.6) is 11.5 Å². The first-order valence-corrected chi connectivity index (χ1v) is 11.5. The van der Waals surface area contributed by atoms with Crippen molar-refractivity contribution >= 4 is 29.6 Å². The summed E-state index contributed by atoms with van der Waals surface area (Å²) in [5.41, 5.74) is 3.46. The van der Waals surface area contributed by atoms with E-state index in [1.807, 2.05) is 48.7 Å². The first kappa shape index (κ1) is 24.5. The van der Waals surface area contributed by atoms with E-state index in [0.29, 0.717) is 24.5 Å². The molecule has 8 nitrogen and oxygen atoms in total. The topological polar surface area (TPSA) is 89.9 Å². The van der Waals surface area contributed by atoms with Gasteiger partial charge in [0.05, 0.1) is 12.3 Å². The average molecular weight is 486 g/mol. The summed E-state index contributed by atoms with van der Waals surface area (Å²) in [4.78, 5) is 39.7. The Labute approximate surface area is 209 Å². The quantitative estimate of drug-likeness (QED) is 0.283. The van der Waals surface area contributed by atoms with Crippen LogP contribution in [0.1, 0.15) is 23.9 Å². The zero-order valence-electron chi connectivity index (χ0n) is 20.4. The molecule has 1 aliphatic heterocycles. The molecule has 1 fully saturated rings. The Kier molecular flexibility index (Phi) is 7.05. The minimum absolute atomic E-state index is 0.144. The number of anilines is 1. The fraction of sp³-hybridized carbons (Fsp3) is 0.179. The third kappa shape index (κ3) is 4.65. The van der Waals surface area contributed by atoms with Crippen LogP contribution in [0.4, 0.5) is 10.5 Å². The van der Waals surface area contributed by atoms with E-state index in [0.717, 1.165) is 27.7 Å². The number of aromatic nitrogens is 1. The van der Waals surface area contributed by atoms with Gasteiger partial charge in [-0.2, -0.15) is 0 Å². The number of benzene rings is 2. The molecule has 3 aromatic rings. The first-order valence-electron chi connectivity index (χ1n) is 11.5. The van der Waals surface area contributed by atoms with E-state index in [1.54, 1.807) is 37.3 Å². The molecule has 8 heteroatoms. The van der Waals surface area contributed by atoms with Crippen molar-refractivity contribution in [2.24, 2.45) is 0 Å². The van der Waals surface area contributed by atoms with Crippen LogP contribution in [0.2, 0.25) is 0 Å². The van der Waals surface area contributed by atoms with E-state index in [-0.39, 0.29) is 11.3 Å². The molecule has 2 aromatic carbocycles. The van der Waals surface area contributed by atoms with Gasteiger partial charge in [0, 0.05) is 17.1 Å². The highest BCUT2D eigenvalue weighted by Gasteiger charge is 2.38. The number of ether oxygens (including phenoxy) is 2. The lowest BCUT2D eigenvalue weighted by Gasteiger charge is -2.27. The minimum atomic E-state index is -0.821. The van der Waals surface area contributed by atoms with E-state index in [2.05, 4.69) is 11.9 Å². The normalized spacial score (nSPS) is 14.7. The summed E-state index contributed by atoms with van der Waals surface area (Å²) >= 11 is 0. The number of hydrogen-bond acceptors (Lipinski definition) is 5. The standard InChI is InChI=1S/C28H27N3O5/c1-5-15-36-22-13-11-21(12-14-22)30-18(3)16-20(19(30)4)17-23-26(32)29-28(34)31(27(23)33)24-9-7-8-10-25(24)35-6-2/h5,7-14,16-17H,1,6,15H2,2-4H3,(H,29,32,34)/b23-17+. The highest BCUT2D eigenvalue weighted by Crippen LogP contribution is 2.32. The number of hydrogen-bond donors (Lipinski definition) is 1. The van der Waals surface area contributed by atoms with E-state index in [4.69, 9.17) is 9.47 Å². The monoisotopic (exact) mass is 485 g/mol. The molecule has 4 rings (SSSR count). The molecule has 1 N–H and O–H groups in total. The molecule has 4 amide bonds. The number of nitrogens with one attached hydrogen (secondary N) is 1. The number of para-hydroxylation sites is 2. The van der Waals surface area contributed by atoms with Gasteiger partial charge in [0.1, 0.15) is 23.7 Å². The van der Waals surface area contributed by atoms with Gasteiger partial charge in [-0.1, -0.05) is 24.8 Å². The second kappa shape index (κ2) is 10.4.